The molecule has 30 heavy (non-hydrogen) atoms. The first kappa shape index (κ1) is 23.6. The van der Waals surface area contributed by atoms with Crippen LogP contribution in [-0.4, -0.2) is 22.2 Å². The average molecular weight is 427 g/mol. The van der Waals surface area contributed by atoms with Crippen molar-refractivity contribution >= 4 is 18.3 Å². The van der Waals surface area contributed by atoms with Crippen LogP contribution >= 0.6 is 12.4 Å². The van der Waals surface area contributed by atoms with E-state index in [1.54, 1.807) is 0 Å². The summed E-state index contributed by atoms with van der Waals surface area (Å²) in [4.78, 5) is 12.5. The van der Waals surface area contributed by atoms with Crippen molar-refractivity contribution in [3.63, 3.8) is 0 Å². The van der Waals surface area contributed by atoms with E-state index in [-0.39, 0.29) is 24.4 Å². The van der Waals surface area contributed by atoms with E-state index in [2.05, 4.69) is 42.5 Å². The first-order valence-electron chi connectivity index (χ1n) is 10.1. The Morgan fingerprint density at radius 1 is 1.03 bits per heavy atom. The molecule has 1 unspecified atom stereocenters. The van der Waals surface area contributed by atoms with E-state index < -0.39 is 0 Å². The molecule has 0 fully saturated rings. The summed E-state index contributed by atoms with van der Waals surface area (Å²) in [6, 6.07) is 17.7. The zero-order valence-electron chi connectivity index (χ0n) is 18.1. The molecular formula is C24H31ClN4O. The fraction of sp³-hybridized carbons (Fsp3) is 0.333. The fourth-order valence-electron chi connectivity index (χ4n) is 3.32. The van der Waals surface area contributed by atoms with Crippen LogP contribution in [0.2, 0.25) is 0 Å². The lowest BCUT2D eigenvalue weighted by Gasteiger charge is -2.15. The second-order valence-corrected chi connectivity index (χ2v) is 7.92. The Balaban J connectivity index is 0.00000320. The van der Waals surface area contributed by atoms with E-state index in [1.165, 1.54) is 5.56 Å². The molecule has 0 saturated heterocycles. The highest BCUT2D eigenvalue weighted by molar-refractivity contribution is 5.94. The molecule has 5 nitrogen and oxygen atoms in total. The highest BCUT2D eigenvalue weighted by Crippen LogP contribution is 2.17. The van der Waals surface area contributed by atoms with Crippen LogP contribution < -0.4 is 11.1 Å². The zero-order chi connectivity index (χ0) is 21.0. The molecule has 0 spiro atoms. The topological polar surface area (TPSA) is 72.9 Å². The van der Waals surface area contributed by atoms with Crippen LogP contribution in [0.3, 0.4) is 0 Å². The van der Waals surface area contributed by atoms with E-state index in [0.717, 1.165) is 22.5 Å². The van der Waals surface area contributed by atoms with Crippen molar-refractivity contribution < 1.29 is 4.79 Å². The maximum atomic E-state index is 12.5. The molecule has 0 bridgehead atoms. The summed E-state index contributed by atoms with van der Waals surface area (Å²) >= 11 is 0. The van der Waals surface area contributed by atoms with Crippen LogP contribution in [0, 0.1) is 13.8 Å². The number of carbonyl (C=O) groups excluding carboxylic acids is 1. The minimum Gasteiger partial charge on any atom is -0.350 e. The van der Waals surface area contributed by atoms with Crippen LogP contribution in [-0.2, 0) is 6.54 Å². The number of hydrogen-bond acceptors (Lipinski definition) is 3. The molecule has 1 heterocycles. The Hall–Kier alpha value is -2.63. The predicted molar refractivity (Wildman–Crippen MR) is 124 cm³/mol. The van der Waals surface area contributed by atoms with E-state index in [0.29, 0.717) is 24.6 Å². The number of carbonyl (C=O) groups is 1. The summed E-state index contributed by atoms with van der Waals surface area (Å²) in [7, 11) is 0. The highest BCUT2D eigenvalue weighted by atomic mass is 35.5. The Bertz CT molecular complexity index is 962. The quantitative estimate of drug-likeness (QED) is 0.583. The molecule has 1 atom stereocenters. The van der Waals surface area contributed by atoms with Gasteiger partial charge in [-0.3, -0.25) is 9.48 Å². The number of nitrogens with one attached hydrogen (secondary N) is 1. The van der Waals surface area contributed by atoms with Gasteiger partial charge in [-0.05, 0) is 54.7 Å². The van der Waals surface area contributed by atoms with Crippen molar-refractivity contribution in [1.82, 2.24) is 15.1 Å². The molecule has 1 amide bonds. The number of halogens is 1. The molecule has 2 aromatic carbocycles. The van der Waals surface area contributed by atoms with E-state index in [4.69, 9.17) is 5.73 Å². The molecule has 1 aromatic heterocycles. The first-order valence-corrected chi connectivity index (χ1v) is 10.1. The maximum absolute atomic E-state index is 12.5. The number of amides is 1. The van der Waals surface area contributed by atoms with Gasteiger partial charge in [0.05, 0.1) is 12.2 Å². The highest BCUT2D eigenvalue weighted by Gasteiger charge is 2.11. The minimum absolute atomic E-state index is 0. The van der Waals surface area contributed by atoms with Gasteiger partial charge < -0.3 is 11.1 Å². The summed E-state index contributed by atoms with van der Waals surface area (Å²) in [5, 5.41) is 7.41. The predicted octanol–water partition coefficient (Wildman–Crippen LogP) is 4.52. The van der Waals surface area contributed by atoms with Gasteiger partial charge in [0.1, 0.15) is 0 Å². The van der Waals surface area contributed by atoms with E-state index >= 15 is 0 Å². The largest absolute Gasteiger partial charge is 0.350 e. The third-order valence-electron chi connectivity index (χ3n) is 5.17. The third-order valence-corrected chi connectivity index (χ3v) is 5.17. The van der Waals surface area contributed by atoms with Gasteiger partial charge in [0, 0.05) is 23.8 Å². The summed E-state index contributed by atoms with van der Waals surface area (Å²) in [5.74, 6) is 0.376. The van der Waals surface area contributed by atoms with Gasteiger partial charge in [-0.2, -0.15) is 5.10 Å². The van der Waals surface area contributed by atoms with Crippen LogP contribution in [0.5, 0.6) is 0 Å². The Morgan fingerprint density at radius 2 is 1.63 bits per heavy atom. The van der Waals surface area contributed by atoms with Gasteiger partial charge in [0.15, 0.2) is 0 Å². The Kier molecular flexibility index (Phi) is 8.21. The second-order valence-electron chi connectivity index (χ2n) is 7.92. The van der Waals surface area contributed by atoms with Crippen molar-refractivity contribution in [2.45, 2.75) is 46.2 Å². The number of hydrogen-bond donors (Lipinski definition) is 2. The monoisotopic (exact) mass is 426 g/mol. The summed E-state index contributed by atoms with van der Waals surface area (Å²) in [5.41, 5.74) is 12.4. The minimum atomic E-state index is -0.231. The molecule has 0 aliphatic rings. The SMILES string of the molecule is Cc1cc(C)n(Cc2ccc(C(=O)NCC(N)c3ccc(C(C)C)cc3)cc2)n1.Cl. The normalized spacial score (nSPS) is 11.8. The number of rotatable bonds is 7. The van der Waals surface area contributed by atoms with Crippen molar-refractivity contribution in [1.29, 1.82) is 0 Å². The zero-order valence-corrected chi connectivity index (χ0v) is 18.9. The fourth-order valence-corrected chi connectivity index (χ4v) is 3.32. The molecule has 0 aliphatic carbocycles. The summed E-state index contributed by atoms with van der Waals surface area (Å²) in [6.07, 6.45) is 0. The molecule has 0 aliphatic heterocycles. The van der Waals surface area contributed by atoms with E-state index in [9.17, 15) is 4.79 Å². The smallest absolute Gasteiger partial charge is 0.251 e. The molecule has 3 rings (SSSR count). The number of nitrogens with zero attached hydrogens (tertiary/aromatic N) is 2. The number of benzene rings is 2. The summed E-state index contributed by atoms with van der Waals surface area (Å²) in [6.45, 7) is 9.45. The first-order chi connectivity index (χ1) is 13.8. The molecule has 0 saturated carbocycles. The van der Waals surface area contributed by atoms with Gasteiger partial charge in [-0.1, -0.05) is 50.2 Å². The Morgan fingerprint density at radius 3 is 2.17 bits per heavy atom. The lowest BCUT2D eigenvalue weighted by atomic mass is 9.99. The second kappa shape index (κ2) is 10.4. The van der Waals surface area contributed by atoms with E-state index in [1.807, 2.05) is 54.9 Å². The lowest BCUT2D eigenvalue weighted by Crippen LogP contribution is -2.31. The molecule has 6 heteroatoms. The van der Waals surface area contributed by atoms with Crippen LogP contribution in [0.25, 0.3) is 0 Å². The average Bonchev–Trinajstić information content (AvgIpc) is 3.03. The lowest BCUT2D eigenvalue weighted by molar-refractivity contribution is 0.0951. The molecule has 160 valence electrons. The maximum Gasteiger partial charge on any atom is 0.251 e. The van der Waals surface area contributed by atoms with Crippen molar-refractivity contribution in [2.75, 3.05) is 6.54 Å². The van der Waals surface area contributed by atoms with Crippen LogP contribution in [0.1, 0.15) is 64.2 Å². The van der Waals surface area contributed by atoms with Crippen molar-refractivity contribution in [3.05, 3.63) is 88.2 Å². The number of aromatic nitrogens is 2. The van der Waals surface area contributed by atoms with Gasteiger partial charge >= 0.3 is 0 Å². The third kappa shape index (κ3) is 5.94. The van der Waals surface area contributed by atoms with Gasteiger partial charge in [0.2, 0.25) is 0 Å². The molecule has 3 N–H and O–H groups in total. The van der Waals surface area contributed by atoms with Gasteiger partial charge in [0.25, 0.3) is 5.91 Å². The number of aryl methyl sites for hydroxylation is 2. The molecule has 3 aromatic rings. The summed E-state index contributed by atoms with van der Waals surface area (Å²) < 4.78 is 1.97. The van der Waals surface area contributed by atoms with Crippen molar-refractivity contribution in [2.24, 2.45) is 5.73 Å². The van der Waals surface area contributed by atoms with Crippen LogP contribution in [0.15, 0.2) is 54.6 Å². The van der Waals surface area contributed by atoms with Gasteiger partial charge in [-0.15, -0.1) is 12.4 Å². The van der Waals surface area contributed by atoms with Crippen LogP contribution in [0.4, 0.5) is 0 Å². The standard InChI is InChI=1S/C24H30N4O.ClH/c1-16(2)20-9-11-21(12-10-20)23(25)14-26-24(29)22-7-5-19(6-8-22)15-28-18(4)13-17(3)27-28;/h5-13,16,23H,14-15,25H2,1-4H3,(H,26,29);1H. The molecular weight excluding hydrogens is 396 g/mol. The molecule has 0 radical (unpaired) electrons. The van der Waals surface area contributed by atoms with Gasteiger partial charge in [-0.25, -0.2) is 0 Å². The Labute approximate surface area is 185 Å². The number of nitrogens with two attached hydrogens (primary N) is 1. The van der Waals surface area contributed by atoms with Crippen molar-refractivity contribution in [3.8, 4) is 0 Å².